The van der Waals surface area contributed by atoms with Crippen molar-refractivity contribution in [1.29, 1.82) is 0 Å². The molecule has 0 radical (unpaired) electrons. The minimum atomic E-state index is -0.430. The molecule has 1 fully saturated rings. The van der Waals surface area contributed by atoms with Crippen molar-refractivity contribution in [1.82, 2.24) is 4.37 Å². The van der Waals surface area contributed by atoms with Crippen molar-refractivity contribution in [3.63, 3.8) is 0 Å². The van der Waals surface area contributed by atoms with Gasteiger partial charge in [0.05, 0.1) is 12.7 Å². The lowest BCUT2D eigenvalue weighted by atomic mass is 9.87. The van der Waals surface area contributed by atoms with Crippen LogP contribution in [-0.4, -0.2) is 34.7 Å². The van der Waals surface area contributed by atoms with Crippen LogP contribution in [0.1, 0.15) is 43.0 Å². The second-order valence-electron chi connectivity index (χ2n) is 5.05. The highest BCUT2D eigenvalue weighted by molar-refractivity contribution is 7.11. The summed E-state index contributed by atoms with van der Waals surface area (Å²) in [6.07, 6.45) is 3.54. The van der Waals surface area contributed by atoms with Gasteiger partial charge in [0, 0.05) is 6.54 Å². The first-order valence-corrected chi connectivity index (χ1v) is 7.73. The Morgan fingerprint density at radius 3 is 2.85 bits per heavy atom. The van der Waals surface area contributed by atoms with Crippen LogP contribution >= 0.6 is 11.5 Å². The molecule has 112 valence electrons. The predicted molar refractivity (Wildman–Crippen MR) is 78.9 cm³/mol. The molecule has 1 heterocycles. The molecule has 2 rings (SSSR count). The summed E-state index contributed by atoms with van der Waals surface area (Å²) in [5.74, 6) is 0.298. The Hall–Kier alpha value is -1.34. The van der Waals surface area contributed by atoms with Crippen LogP contribution in [-0.2, 0) is 4.74 Å². The molecule has 0 atom stereocenters. The Morgan fingerprint density at radius 2 is 2.20 bits per heavy atom. The average Bonchev–Trinajstić information content (AvgIpc) is 2.79. The lowest BCUT2D eigenvalue weighted by Crippen LogP contribution is -2.23. The fraction of sp³-hybridized carbons (Fsp3) is 0.692. The summed E-state index contributed by atoms with van der Waals surface area (Å²) >= 11 is 1.18. The number of nitrogens with zero attached hydrogens (tertiary/aromatic N) is 1. The van der Waals surface area contributed by atoms with Gasteiger partial charge in [-0.25, -0.2) is 4.79 Å². The molecule has 0 aliphatic heterocycles. The molecule has 6 nitrogen and oxygen atoms in total. The van der Waals surface area contributed by atoms with Gasteiger partial charge in [-0.15, -0.1) is 0 Å². The number of rotatable bonds is 5. The number of aliphatic hydroxyl groups excluding tert-OH is 1. The Labute approximate surface area is 122 Å². The van der Waals surface area contributed by atoms with Gasteiger partial charge >= 0.3 is 5.97 Å². The van der Waals surface area contributed by atoms with Crippen molar-refractivity contribution in [3.05, 3.63) is 5.56 Å². The van der Waals surface area contributed by atoms with Crippen molar-refractivity contribution < 1.29 is 14.6 Å². The number of hydrogen-bond acceptors (Lipinski definition) is 7. The molecule has 1 aliphatic rings. The number of ether oxygens (including phenoxy) is 1. The lowest BCUT2D eigenvalue weighted by Gasteiger charge is -2.25. The molecule has 0 aromatic carbocycles. The number of hydrogen-bond donors (Lipinski definition) is 3. The van der Waals surface area contributed by atoms with Gasteiger partial charge in [-0.1, -0.05) is 0 Å². The highest BCUT2D eigenvalue weighted by atomic mass is 32.1. The van der Waals surface area contributed by atoms with Crippen LogP contribution in [0.3, 0.4) is 0 Å². The maximum Gasteiger partial charge on any atom is 0.344 e. The number of carbonyl (C=O) groups excluding carboxylic acids is 1. The van der Waals surface area contributed by atoms with Crippen molar-refractivity contribution in [2.75, 3.05) is 24.2 Å². The summed E-state index contributed by atoms with van der Waals surface area (Å²) in [6, 6.07) is 0. The number of carbonyl (C=O) groups is 1. The molecule has 7 heteroatoms. The minimum absolute atomic E-state index is 0.152. The zero-order chi connectivity index (χ0) is 14.5. The van der Waals surface area contributed by atoms with E-state index in [9.17, 15) is 9.90 Å². The van der Waals surface area contributed by atoms with E-state index in [0.29, 0.717) is 23.1 Å². The third-order valence-electron chi connectivity index (χ3n) is 3.57. The molecule has 1 aromatic heterocycles. The predicted octanol–water partition coefficient (Wildman–Crippen LogP) is 1.86. The van der Waals surface area contributed by atoms with E-state index >= 15 is 0 Å². The van der Waals surface area contributed by atoms with Crippen LogP contribution in [0.2, 0.25) is 0 Å². The zero-order valence-electron chi connectivity index (χ0n) is 11.6. The van der Waals surface area contributed by atoms with Crippen LogP contribution in [0.25, 0.3) is 0 Å². The normalized spacial score (nSPS) is 22.5. The zero-order valence-corrected chi connectivity index (χ0v) is 12.4. The van der Waals surface area contributed by atoms with E-state index in [0.717, 1.165) is 32.2 Å². The van der Waals surface area contributed by atoms with Crippen LogP contribution in [0.15, 0.2) is 0 Å². The van der Waals surface area contributed by atoms with Crippen molar-refractivity contribution in [2.45, 2.75) is 38.7 Å². The fourth-order valence-electron chi connectivity index (χ4n) is 2.41. The van der Waals surface area contributed by atoms with Gasteiger partial charge in [0.15, 0.2) is 5.82 Å². The van der Waals surface area contributed by atoms with Gasteiger partial charge in [-0.05, 0) is 50.1 Å². The van der Waals surface area contributed by atoms with E-state index in [2.05, 4.69) is 9.69 Å². The maximum atomic E-state index is 11.8. The summed E-state index contributed by atoms with van der Waals surface area (Å²) in [6.45, 7) is 2.84. The minimum Gasteiger partial charge on any atom is -0.462 e. The Bertz CT molecular complexity index is 456. The quantitative estimate of drug-likeness (QED) is 0.718. The monoisotopic (exact) mass is 299 g/mol. The Kier molecular flexibility index (Phi) is 5.19. The van der Waals surface area contributed by atoms with E-state index in [4.69, 9.17) is 10.5 Å². The van der Waals surface area contributed by atoms with E-state index in [1.807, 2.05) is 0 Å². The molecule has 0 unspecified atom stereocenters. The van der Waals surface area contributed by atoms with Gasteiger partial charge in [-0.2, -0.15) is 4.37 Å². The number of nitrogens with two attached hydrogens (primary N) is 1. The number of aliphatic hydroxyl groups is 1. The Morgan fingerprint density at radius 1 is 1.50 bits per heavy atom. The van der Waals surface area contributed by atoms with Gasteiger partial charge in [-0.3, -0.25) is 0 Å². The van der Waals surface area contributed by atoms with Gasteiger partial charge in [0.1, 0.15) is 10.6 Å². The molecule has 4 N–H and O–H groups in total. The van der Waals surface area contributed by atoms with E-state index < -0.39 is 5.97 Å². The van der Waals surface area contributed by atoms with E-state index in [1.165, 1.54) is 11.5 Å². The lowest BCUT2D eigenvalue weighted by molar-refractivity contribution is 0.0529. The van der Waals surface area contributed by atoms with Gasteiger partial charge in [0.25, 0.3) is 0 Å². The molecule has 1 aliphatic carbocycles. The van der Waals surface area contributed by atoms with Crippen molar-refractivity contribution >= 4 is 28.3 Å². The number of nitrogens with one attached hydrogen (secondary N) is 1. The van der Waals surface area contributed by atoms with Crippen LogP contribution < -0.4 is 11.1 Å². The Balaban J connectivity index is 1.94. The first kappa shape index (κ1) is 15.1. The third-order valence-corrected chi connectivity index (χ3v) is 4.38. The second kappa shape index (κ2) is 6.90. The summed E-state index contributed by atoms with van der Waals surface area (Å²) in [5.41, 5.74) is 6.07. The number of esters is 1. The van der Waals surface area contributed by atoms with E-state index in [1.54, 1.807) is 6.92 Å². The molecule has 0 spiro atoms. The average molecular weight is 299 g/mol. The van der Waals surface area contributed by atoms with Crippen LogP contribution in [0.4, 0.5) is 10.8 Å². The first-order valence-electron chi connectivity index (χ1n) is 6.96. The topological polar surface area (TPSA) is 97.5 Å². The number of anilines is 2. The first-order chi connectivity index (χ1) is 9.61. The molecular weight excluding hydrogens is 278 g/mol. The summed E-state index contributed by atoms with van der Waals surface area (Å²) in [7, 11) is 0. The molecule has 0 amide bonds. The van der Waals surface area contributed by atoms with Crippen LogP contribution in [0.5, 0.6) is 0 Å². The third kappa shape index (κ3) is 3.61. The molecule has 1 aromatic rings. The summed E-state index contributed by atoms with van der Waals surface area (Å²) in [4.78, 5) is 11.8. The molecule has 20 heavy (non-hydrogen) atoms. The number of nitrogen functional groups attached to an aromatic ring is 1. The largest absolute Gasteiger partial charge is 0.462 e. The van der Waals surface area contributed by atoms with Crippen molar-refractivity contribution in [2.24, 2.45) is 5.92 Å². The molecule has 1 saturated carbocycles. The maximum absolute atomic E-state index is 11.8. The van der Waals surface area contributed by atoms with Crippen molar-refractivity contribution in [3.8, 4) is 0 Å². The molecular formula is C13H21N3O3S. The highest BCUT2D eigenvalue weighted by Crippen LogP contribution is 2.30. The highest BCUT2D eigenvalue weighted by Gasteiger charge is 2.23. The smallest absolute Gasteiger partial charge is 0.344 e. The SMILES string of the molecule is CCOC(=O)c1c(N)nsc1NCC1CCC(O)CC1. The second-order valence-corrected chi connectivity index (χ2v) is 5.82. The number of aromatic nitrogens is 1. The van der Waals surface area contributed by atoms with E-state index in [-0.39, 0.29) is 11.9 Å². The van der Waals surface area contributed by atoms with Gasteiger partial charge < -0.3 is 20.9 Å². The van der Waals surface area contributed by atoms with Gasteiger partial charge in [0.2, 0.25) is 0 Å². The summed E-state index contributed by atoms with van der Waals surface area (Å²) < 4.78 is 9.00. The standard InChI is InChI=1S/C13H21N3O3S/c1-2-19-13(18)10-11(14)16-20-12(10)15-7-8-3-5-9(17)6-4-8/h8-9,15,17H,2-7H2,1H3,(H2,14,16). The fourth-order valence-corrected chi connectivity index (χ4v) is 3.12. The molecule has 0 saturated heterocycles. The molecule has 0 bridgehead atoms. The van der Waals surface area contributed by atoms with Crippen LogP contribution in [0, 0.1) is 5.92 Å². The summed E-state index contributed by atoms with van der Waals surface area (Å²) in [5, 5.41) is 13.4.